The Morgan fingerprint density at radius 2 is 2.46 bits per heavy atom. The molecule has 0 unspecified atom stereocenters. The first-order valence-electron chi connectivity index (χ1n) is 4.56. The first-order valence-corrected chi connectivity index (χ1v) is 4.56. The maximum absolute atomic E-state index is 11.5. The second-order valence-corrected chi connectivity index (χ2v) is 3.52. The second kappa shape index (κ2) is 2.80. The van der Waals surface area contributed by atoms with Crippen molar-refractivity contribution >= 4 is 11.5 Å². The molecule has 2 aliphatic rings. The molecule has 2 aliphatic heterocycles. The molecule has 0 aromatic heterocycles. The highest BCUT2D eigenvalue weighted by atomic mass is 16.6. The summed E-state index contributed by atoms with van der Waals surface area (Å²) in [6.07, 6.45) is 0.640. The Balaban J connectivity index is 2.36. The van der Waals surface area contributed by atoms with Crippen LogP contribution in [-0.2, 0) is 14.4 Å². The van der Waals surface area contributed by atoms with Gasteiger partial charge in [0.15, 0.2) is 11.4 Å². The van der Waals surface area contributed by atoms with E-state index in [1.165, 1.54) is 0 Å². The summed E-state index contributed by atoms with van der Waals surface area (Å²) < 4.78 is 5.56. The van der Waals surface area contributed by atoms with E-state index in [0.717, 1.165) is 5.71 Å². The summed E-state index contributed by atoms with van der Waals surface area (Å²) in [6, 6.07) is 0. The Hall–Kier alpha value is -0.900. The summed E-state index contributed by atoms with van der Waals surface area (Å²) in [7, 11) is 0. The lowest BCUT2D eigenvalue weighted by Gasteiger charge is -2.22. The Bertz CT molecular complexity index is 274. The topological polar surface area (TPSA) is 47.9 Å². The lowest BCUT2D eigenvalue weighted by atomic mass is 9.87. The van der Waals surface area contributed by atoms with Crippen molar-refractivity contribution in [1.82, 2.24) is 0 Å². The average Bonchev–Trinajstić information content (AvgIpc) is 2.62. The molecule has 0 radical (unpaired) electrons. The highest BCUT2D eigenvalue weighted by Gasteiger charge is 2.52. The van der Waals surface area contributed by atoms with E-state index in [1.807, 2.05) is 6.92 Å². The van der Waals surface area contributed by atoms with E-state index in [4.69, 9.17) is 9.57 Å². The molecule has 4 nitrogen and oxygen atoms in total. The van der Waals surface area contributed by atoms with Crippen LogP contribution >= 0.6 is 0 Å². The molecular formula is C9H13NO3. The molecular weight excluding hydrogens is 170 g/mol. The predicted octanol–water partition coefficient (Wildman–Crippen LogP) is 0.757. The number of ether oxygens (including phenoxy) is 1. The van der Waals surface area contributed by atoms with Gasteiger partial charge in [0.2, 0.25) is 0 Å². The van der Waals surface area contributed by atoms with Crippen molar-refractivity contribution < 1.29 is 14.4 Å². The van der Waals surface area contributed by atoms with Crippen LogP contribution in [0.5, 0.6) is 0 Å². The summed E-state index contributed by atoms with van der Waals surface area (Å²) in [5.74, 6) is 0.227. The minimum Gasteiger partial charge on any atom is -0.395 e. The van der Waals surface area contributed by atoms with E-state index < -0.39 is 5.60 Å². The third-order valence-electron chi connectivity index (χ3n) is 2.84. The molecule has 13 heavy (non-hydrogen) atoms. The quantitative estimate of drug-likeness (QED) is 0.635. The Labute approximate surface area is 76.9 Å². The zero-order valence-corrected chi connectivity index (χ0v) is 7.87. The first kappa shape index (κ1) is 8.69. The maximum Gasteiger partial charge on any atom is 0.167 e. The SMILES string of the molecule is CC[C@]1(C(C)=O)OC[C@H]2CON=C21. The molecule has 2 heterocycles. The third kappa shape index (κ3) is 1.01. The van der Waals surface area contributed by atoms with Crippen LogP contribution in [0.4, 0.5) is 0 Å². The number of hydrogen-bond donors (Lipinski definition) is 0. The fourth-order valence-corrected chi connectivity index (χ4v) is 2.01. The molecule has 0 saturated carbocycles. The molecule has 2 rings (SSSR count). The van der Waals surface area contributed by atoms with Crippen LogP contribution in [-0.4, -0.2) is 30.3 Å². The van der Waals surface area contributed by atoms with Crippen molar-refractivity contribution in [2.45, 2.75) is 25.9 Å². The molecule has 2 atom stereocenters. The molecule has 0 aliphatic carbocycles. The van der Waals surface area contributed by atoms with Gasteiger partial charge in [-0.1, -0.05) is 12.1 Å². The Morgan fingerprint density at radius 3 is 3.08 bits per heavy atom. The number of oxime groups is 1. The standard InChI is InChI=1S/C9H13NO3/c1-3-9(6(2)11)8-7(4-12-9)5-13-10-8/h7H,3-5H2,1-2H3/t7-,9+/m0/s1. The van der Waals surface area contributed by atoms with Crippen molar-refractivity contribution in [3.63, 3.8) is 0 Å². The molecule has 0 aromatic rings. The summed E-state index contributed by atoms with van der Waals surface area (Å²) in [5.41, 5.74) is 0.0174. The van der Waals surface area contributed by atoms with Crippen LogP contribution in [0.1, 0.15) is 20.3 Å². The van der Waals surface area contributed by atoms with Crippen molar-refractivity contribution in [3.05, 3.63) is 0 Å². The van der Waals surface area contributed by atoms with E-state index in [2.05, 4.69) is 5.16 Å². The van der Waals surface area contributed by atoms with Crippen molar-refractivity contribution in [3.8, 4) is 0 Å². The third-order valence-corrected chi connectivity index (χ3v) is 2.84. The lowest BCUT2D eigenvalue weighted by molar-refractivity contribution is -0.132. The van der Waals surface area contributed by atoms with Gasteiger partial charge in [0.25, 0.3) is 0 Å². The van der Waals surface area contributed by atoms with Gasteiger partial charge in [-0.05, 0) is 13.3 Å². The summed E-state index contributed by atoms with van der Waals surface area (Å²) in [6.45, 7) is 4.61. The van der Waals surface area contributed by atoms with Gasteiger partial charge in [0.05, 0.1) is 12.5 Å². The predicted molar refractivity (Wildman–Crippen MR) is 46.5 cm³/mol. The van der Waals surface area contributed by atoms with Crippen LogP contribution < -0.4 is 0 Å². The fraction of sp³-hybridized carbons (Fsp3) is 0.778. The molecule has 1 saturated heterocycles. The molecule has 0 amide bonds. The van der Waals surface area contributed by atoms with E-state index >= 15 is 0 Å². The van der Waals surface area contributed by atoms with Gasteiger partial charge in [-0.25, -0.2) is 0 Å². The maximum atomic E-state index is 11.5. The monoisotopic (exact) mass is 183 g/mol. The van der Waals surface area contributed by atoms with E-state index in [-0.39, 0.29) is 11.7 Å². The van der Waals surface area contributed by atoms with Gasteiger partial charge in [-0.2, -0.15) is 0 Å². The minimum atomic E-state index is -0.777. The van der Waals surface area contributed by atoms with Crippen LogP contribution in [0.25, 0.3) is 0 Å². The van der Waals surface area contributed by atoms with Gasteiger partial charge in [-0.3, -0.25) is 4.79 Å². The number of ketones is 1. The lowest BCUT2D eigenvalue weighted by Crippen LogP contribution is -2.43. The van der Waals surface area contributed by atoms with Crippen molar-refractivity contribution in [2.24, 2.45) is 11.1 Å². The first-order chi connectivity index (χ1) is 6.20. The van der Waals surface area contributed by atoms with E-state index in [0.29, 0.717) is 19.6 Å². The van der Waals surface area contributed by atoms with Crippen molar-refractivity contribution in [1.29, 1.82) is 0 Å². The van der Waals surface area contributed by atoms with Gasteiger partial charge < -0.3 is 9.57 Å². The number of hydrogen-bond acceptors (Lipinski definition) is 4. The highest BCUT2D eigenvalue weighted by molar-refractivity contribution is 6.14. The van der Waals surface area contributed by atoms with Crippen LogP contribution in [0.15, 0.2) is 5.16 Å². The largest absolute Gasteiger partial charge is 0.395 e. The van der Waals surface area contributed by atoms with Gasteiger partial charge in [0.1, 0.15) is 12.3 Å². The summed E-state index contributed by atoms with van der Waals surface area (Å²) in [5, 5.41) is 3.91. The minimum absolute atomic E-state index is 0.0294. The fourth-order valence-electron chi connectivity index (χ4n) is 2.01. The zero-order valence-electron chi connectivity index (χ0n) is 7.87. The summed E-state index contributed by atoms with van der Waals surface area (Å²) in [4.78, 5) is 16.5. The smallest absolute Gasteiger partial charge is 0.167 e. The van der Waals surface area contributed by atoms with Crippen LogP contribution in [0.2, 0.25) is 0 Å². The number of carbonyl (C=O) groups is 1. The molecule has 0 bridgehead atoms. The Kier molecular flexibility index (Phi) is 1.87. The zero-order chi connectivity index (χ0) is 9.47. The molecule has 0 aromatic carbocycles. The van der Waals surface area contributed by atoms with Gasteiger partial charge >= 0.3 is 0 Å². The number of nitrogens with zero attached hydrogens (tertiary/aromatic N) is 1. The number of Topliss-reactive ketones (excluding diaryl/α,β-unsaturated/α-hetero) is 1. The summed E-state index contributed by atoms with van der Waals surface area (Å²) >= 11 is 0. The molecule has 1 fully saturated rings. The molecule has 0 N–H and O–H groups in total. The number of fused-ring (bicyclic) bond motifs is 1. The number of carbonyl (C=O) groups excluding carboxylic acids is 1. The molecule has 72 valence electrons. The average molecular weight is 183 g/mol. The molecule has 0 spiro atoms. The van der Waals surface area contributed by atoms with E-state index in [1.54, 1.807) is 6.92 Å². The highest BCUT2D eigenvalue weighted by Crippen LogP contribution is 2.34. The van der Waals surface area contributed by atoms with Crippen LogP contribution in [0, 0.1) is 5.92 Å². The van der Waals surface area contributed by atoms with Crippen molar-refractivity contribution in [2.75, 3.05) is 13.2 Å². The van der Waals surface area contributed by atoms with Crippen LogP contribution in [0.3, 0.4) is 0 Å². The van der Waals surface area contributed by atoms with Gasteiger partial charge in [-0.15, -0.1) is 0 Å². The normalized spacial score (nSPS) is 36.8. The van der Waals surface area contributed by atoms with E-state index in [9.17, 15) is 4.79 Å². The molecule has 4 heteroatoms. The van der Waals surface area contributed by atoms with Gasteiger partial charge in [0, 0.05) is 0 Å². The number of rotatable bonds is 2. The Morgan fingerprint density at radius 1 is 1.69 bits per heavy atom. The second-order valence-electron chi connectivity index (χ2n) is 3.52.